The van der Waals surface area contributed by atoms with Crippen molar-refractivity contribution in [2.45, 2.75) is 53.8 Å². The lowest BCUT2D eigenvalue weighted by atomic mass is 10.1. The molecule has 0 fully saturated rings. The molecule has 1 nitrogen and oxygen atoms in total. The predicted octanol–water partition coefficient (Wildman–Crippen LogP) is 3.71. The second-order valence-corrected chi connectivity index (χ2v) is 3.49. The van der Waals surface area contributed by atoms with E-state index in [1.165, 1.54) is 11.1 Å². The van der Waals surface area contributed by atoms with E-state index in [0.29, 0.717) is 0 Å². The van der Waals surface area contributed by atoms with Gasteiger partial charge in [0, 0.05) is 0 Å². The Labute approximate surface area is 82.5 Å². The maximum Gasteiger partial charge on any atom is 0.0762 e. The summed E-state index contributed by atoms with van der Waals surface area (Å²) in [7, 11) is 0. The lowest BCUT2D eigenvalue weighted by molar-refractivity contribution is 0.0494. The Morgan fingerprint density at radius 2 is 1.23 bits per heavy atom. The van der Waals surface area contributed by atoms with E-state index in [0.717, 1.165) is 0 Å². The van der Waals surface area contributed by atoms with Crippen LogP contribution >= 0.6 is 0 Å². The minimum absolute atomic E-state index is 0.217. The average Bonchev–Trinajstić information content (AvgIpc) is 2.14. The average molecular weight is 182 g/mol. The van der Waals surface area contributed by atoms with Crippen molar-refractivity contribution in [2.75, 3.05) is 0 Å². The van der Waals surface area contributed by atoms with Crippen LogP contribution in [0.3, 0.4) is 0 Å². The molecule has 2 unspecified atom stereocenters. The molecule has 0 radical (unpaired) electrons. The van der Waals surface area contributed by atoms with Crippen LogP contribution < -0.4 is 0 Å². The molecule has 0 aliphatic rings. The summed E-state index contributed by atoms with van der Waals surface area (Å²) in [6, 6.07) is 0. The normalized spacial score (nSPS) is 18.6. The van der Waals surface area contributed by atoms with Crippen LogP contribution in [-0.2, 0) is 4.74 Å². The van der Waals surface area contributed by atoms with Gasteiger partial charge in [0.25, 0.3) is 0 Å². The molecule has 13 heavy (non-hydrogen) atoms. The van der Waals surface area contributed by atoms with E-state index in [1.54, 1.807) is 0 Å². The van der Waals surface area contributed by atoms with Crippen molar-refractivity contribution < 1.29 is 4.74 Å². The molecule has 0 spiro atoms. The van der Waals surface area contributed by atoms with Gasteiger partial charge in [0.2, 0.25) is 0 Å². The van der Waals surface area contributed by atoms with Gasteiger partial charge in [-0.2, -0.15) is 0 Å². The Kier molecular flexibility index (Phi) is 5.72. The first-order valence-electron chi connectivity index (χ1n) is 4.94. The van der Waals surface area contributed by atoms with E-state index in [4.69, 9.17) is 4.74 Å². The molecule has 1 heteroatoms. The molecule has 0 saturated carbocycles. The lowest BCUT2D eigenvalue weighted by Gasteiger charge is -2.20. The van der Waals surface area contributed by atoms with Crippen LogP contribution in [0.5, 0.6) is 0 Å². The quantitative estimate of drug-likeness (QED) is 0.602. The maximum absolute atomic E-state index is 5.82. The van der Waals surface area contributed by atoms with E-state index in [9.17, 15) is 0 Å². The molecule has 0 bridgehead atoms. The zero-order valence-corrected chi connectivity index (χ0v) is 9.72. The second kappa shape index (κ2) is 5.98. The molecule has 0 aromatic carbocycles. The van der Waals surface area contributed by atoms with Gasteiger partial charge in [-0.1, -0.05) is 12.2 Å². The van der Waals surface area contributed by atoms with E-state index < -0.39 is 0 Å². The minimum Gasteiger partial charge on any atom is -0.367 e. The highest BCUT2D eigenvalue weighted by Crippen LogP contribution is 2.12. The van der Waals surface area contributed by atoms with Gasteiger partial charge in [-0.05, 0) is 52.7 Å². The van der Waals surface area contributed by atoms with E-state index in [-0.39, 0.29) is 12.2 Å². The Balaban J connectivity index is 4.14. The van der Waals surface area contributed by atoms with Gasteiger partial charge >= 0.3 is 0 Å². The van der Waals surface area contributed by atoms with Gasteiger partial charge in [-0.25, -0.2) is 0 Å². The van der Waals surface area contributed by atoms with Crippen molar-refractivity contribution in [1.29, 1.82) is 0 Å². The Morgan fingerprint density at radius 3 is 1.46 bits per heavy atom. The van der Waals surface area contributed by atoms with Gasteiger partial charge < -0.3 is 4.74 Å². The van der Waals surface area contributed by atoms with Gasteiger partial charge in [0.1, 0.15) is 0 Å². The fraction of sp³-hybridized carbons (Fsp3) is 0.667. The summed E-state index contributed by atoms with van der Waals surface area (Å²) in [5.74, 6) is 0. The molecule has 0 rings (SSSR count). The molecule has 0 aromatic rings. The number of hydrogen-bond acceptors (Lipinski definition) is 1. The van der Waals surface area contributed by atoms with Gasteiger partial charge in [-0.15, -0.1) is 0 Å². The standard InChI is InChI=1S/C12H22O/c1-7-9(3)11(5)13-12(6)10(4)8-2/h7-8,11-12H,1-6H3/b9-7-,10-8-. The summed E-state index contributed by atoms with van der Waals surface area (Å²) < 4.78 is 5.82. The molecule has 0 amide bonds. The fourth-order valence-electron chi connectivity index (χ4n) is 0.990. The van der Waals surface area contributed by atoms with Crippen molar-refractivity contribution in [3.05, 3.63) is 23.3 Å². The summed E-state index contributed by atoms with van der Waals surface area (Å²) >= 11 is 0. The summed E-state index contributed by atoms with van der Waals surface area (Å²) in [6.07, 6.45) is 4.63. The summed E-state index contributed by atoms with van der Waals surface area (Å²) in [4.78, 5) is 0. The van der Waals surface area contributed by atoms with Crippen molar-refractivity contribution in [3.63, 3.8) is 0 Å². The fourth-order valence-corrected chi connectivity index (χ4v) is 0.990. The Hall–Kier alpha value is -0.560. The van der Waals surface area contributed by atoms with E-state index in [2.05, 4.69) is 39.8 Å². The van der Waals surface area contributed by atoms with Crippen LogP contribution in [0.15, 0.2) is 23.3 Å². The van der Waals surface area contributed by atoms with Crippen molar-refractivity contribution in [3.8, 4) is 0 Å². The number of allylic oxidation sites excluding steroid dienone is 2. The molecule has 0 aromatic heterocycles. The zero-order valence-electron chi connectivity index (χ0n) is 9.72. The first-order chi connectivity index (χ1) is 6.02. The Bertz CT molecular complexity index is 179. The summed E-state index contributed by atoms with van der Waals surface area (Å²) in [5, 5.41) is 0. The highest BCUT2D eigenvalue weighted by Gasteiger charge is 2.10. The molecule has 0 heterocycles. The predicted molar refractivity (Wildman–Crippen MR) is 58.9 cm³/mol. The van der Waals surface area contributed by atoms with Crippen LogP contribution in [0.25, 0.3) is 0 Å². The summed E-state index contributed by atoms with van der Waals surface area (Å²) in [5.41, 5.74) is 2.58. The van der Waals surface area contributed by atoms with Gasteiger partial charge in [0.15, 0.2) is 0 Å². The van der Waals surface area contributed by atoms with Crippen molar-refractivity contribution in [2.24, 2.45) is 0 Å². The largest absolute Gasteiger partial charge is 0.367 e. The van der Waals surface area contributed by atoms with Crippen LogP contribution in [-0.4, -0.2) is 12.2 Å². The molecule has 0 aliphatic carbocycles. The topological polar surface area (TPSA) is 9.23 Å². The highest BCUT2D eigenvalue weighted by atomic mass is 16.5. The van der Waals surface area contributed by atoms with Crippen LogP contribution in [0.4, 0.5) is 0 Å². The smallest absolute Gasteiger partial charge is 0.0762 e. The lowest BCUT2D eigenvalue weighted by Crippen LogP contribution is -2.18. The third-order valence-electron chi connectivity index (χ3n) is 2.60. The van der Waals surface area contributed by atoms with Crippen molar-refractivity contribution >= 4 is 0 Å². The molecule has 0 saturated heterocycles. The Morgan fingerprint density at radius 1 is 0.923 bits per heavy atom. The molecular formula is C12H22O. The van der Waals surface area contributed by atoms with Crippen LogP contribution in [0.2, 0.25) is 0 Å². The molecule has 0 N–H and O–H groups in total. The minimum atomic E-state index is 0.217. The van der Waals surface area contributed by atoms with Crippen molar-refractivity contribution in [1.82, 2.24) is 0 Å². The first kappa shape index (κ1) is 12.4. The third-order valence-corrected chi connectivity index (χ3v) is 2.60. The number of hydrogen-bond donors (Lipinski definition) is 0. The molecule has 0 aliphatic heterocycles. The molecule has 76 valence electrons. The van der Waals surface area contributed by atoms with E-state index >= 15 is 0 Å². The molecule has 2 atom stereocenters. The third kappa shape index (κ3) is 4.28. The molecular weight excluding hydrogens is 160 g/mol. The number of rotatable bonds is 4. The summed E-state index contributed by atoms with van der Waals surface area (Å²) in [6.45, 7) is 12.5. The van der Waals surface area contributed by atoms with Crippen LogP contribution in [0, 0.1) is 0 Å². The second-order valence-electron chi connectivity index (χ2n) is 3.49. The van der Waals surface area contributed by atoms with Crippen LogP contribution in [0.1, 0.15) is 41.5 Å². The highest BCUT2D eigenvalue weighted by molar-refractivity contribution is 5.06. The monoisotopic (exact) mass is 182 g/mol. The van der Waals surface area contributed by atoms with Gasteiger partial charge in [-0.3, -0.25) is 0 Å². The van der Waals surface area contributed by atoms with E-state index in [1.807, 2.05) is 13.8 Å². The maximum atomic E-state index is 5.82. The van der Waals surface area contributed by atoms with Gasteiger partial charge in [0.05, 0.1) is 12.2 Å². The first-order valence-corrected chi connectivity index (χ1v) is 4.94. The zero-order chi connectivity index (χ0) is 10.4. The number of ether oxygens (including phenoxy) is 1. The SMILES string of the molecule is C/C=C(/C)C(C)OC(C)/C(C)=C\C.